The van der Waals surface area contributed by atoms with Gasteiger partial charge in [0.2, 0.25) is 11.8 Å². The number of amides is 2. The van der Waals surface area contributed by atoms with Crippen molar-refractivity contribution in [1.29, 1.82) is 0 Å². The van der Waals surface area contributed by atoms with Crippen LogP contribution in [0.5, 0.6) is 11.6 Å². The SMILES string of the molecule is COc1nccc(-c2nc(C(CNC(=O)c3cc(Cl)c(N)c(C=NC4CC4)c3)C(F)(F)F)cc3c2OC[C@]3(C)C(N)=O)c1Cl. The number of alkyl halides is 3. The van der Waals surface area contributed by atoms with Crippen LogP contribution in [-0.2, 0) is 10.2 Å². The molecule has 1 unspecified atom stereocenters. The third-order valence-electron chi connectivity index (χ3n) is 7.56. The number of anilines is 1. The number of carbonyl (C=O) groups is 2. The van der Waals surface area contributed by atoms with E-state index in [0.29, 0.717) is 5.56 Å². The summed E-state index contributed by atoms with van der Waals surface area (Å²) in [6, 6.07) is 5.40. The molecule has 2 aromatic heterocycles. The highest BCUT2D eigenvalue weighted by Crippen LogP contribution is 2.48. The average Bonchev–Trinajstić information content (AvgIpc) is 3.74. The molecule has 10 nitrogen and oxygen atoms in total. The number of primary amides is 1. The number of nitrogens with one attached hydrogen (secondary N) is 1. The number of methoxy groups -OCH3 is 1. The largest absolute Gasteiger partial charge is 0.489 e. The summed E-state index contributed by atoms with van der Waals surface area (Å²) in [7, 11) is 1.33. The van der Waals surface area contributed by atoms with Gasteiger partial charge < -0.3 is 26.3 Å². The Morgan fingerprint density at radius 2 is 2.02 bits per heavy atom. The maximum Gasteiger partial charge on any atom is 0.398 e. The second-order valence-electron chi connectivity index (χ2n) is 10.7. The molecule has 2 atom stereocenters. The summed E-state index contributed by atoms with van der Waals surface area (Å²) in [5.74, 6) is -3.89. The molecule has 0 radical (unpaired) electrons. The van der Waals surface area contributed by atoms with Gasteiger partial charge >= 0.3 is 6.18 Å². The fourth-order valence-corrected chi connectivity index (χ4v) is 5.19. The molecule has 232 valence electrons. The van der Waals surface area contributed by atoms with Crippen molar-refractivity contribution in [3.05, 3.63) is 62.9 Å². The fraction of sp³-hybridized carbons (Fsp3) is 0.345. The number of hydrogen-bond donors (Lipinski definition) is 3. The summed E-state index contributed by atoms with van der Waals surface area (Å²) in [5, 5.41) is 2.36. The number of hydrogen-bond acceptors (Lipinski definition) is 8. The molecule has 1 aliphatic carbocycles. The summed E-state index contributed by atoms with van der Waals surface area (Å²) in [5.41, 5.74) is 10.5. The topological polar surface area (TPSA) is 155 Å². The minimum atomic E-state index is -4.88. The zero-order chi connectivity index (χ0) is 32.0. The molecule has 1 saturated carbocycles. The molecule has 1 aromatic carbocycles. The number of fused-ring (bicyclic) bond motifs is 1. The van der Waals surface area contributed by atoms with E-state index in [2.05, 4.69) is 20.3 Å². The number of aliphatic imine (C=N–C) groups is 1. The van der Waals surface area contributed by atoms with Crippen LogP contribution in [0.4, 0.5) is 18.9 Å². The van der Waals surface area contributed by atoms with E-state index in [1.807, 2.05) is 0 Å². The maximum atomic E-state index is 14.6. The van der Waals surface area contributed by atoms with Crippen molar-refractivity contribution in [3.8, 4) is 22.9 Å². The van der Waals surface area contributed by atoms with Gasteiger partial charge in [-0.2, -0.15) is 13.2 Å². The lowest BCUT2D eigenvalue weighted by atomic mass is 9.82. The van der Waals surface area contributed by atoms with Crippen molar-refractivity contribution >= 4 is 46.9 Å². The van der Waals surface area contributed by atoms with E-state index < -0.39 is 41.6 Å². The first-order chi connectivity index (χ1) is 20.7. The molecule has 44 heavy (non-hydrogen) atoms. The van der Waals surface area contributed by atoms with Gasteiger partial charge in [-0.1, -0.05) is 23.2 Å². The van der Waals surface area contributed by atoms with Crippen molar-refractivity contribution in [2.24, 2.45) is 10.7 Å². The Morgan fingerprint density at radius 3 is 2.66 bits per heavy atom. The molecule has 5 N–H and O–H groups in total. The Labute approximate surface area is 259 Å². The van der Waals surface area contributed by atoms with Gasteiger partial charge in [-0.3, -0.25) is 14.6 Å². The number of aromatic nitrogens is 2. The van der Waals surface area contributed by atoms with Crippen LogP contribution in [0.25, 0.3) is 11.3 Å². The van der Waals surface area contributed by atoms with Gasteiger partial charge in [0, 0.05) is 41.2 Å². The lowest BCUT2D eigenvalue weighted by molar-refractivity contribution is -0.149. The highest BCUT2D eigenvalue weighted by atomic mass is 35.5. The minimum absolute atomic E-state index is 0.00381. The van der Waals surface area contributed by atoms with Gasteiger partial charge in [0.05, 0.1) is 29.6 Å². The monoisotopic (exact) mass is 650 g/mol. The zero-order valence-corrected chi connectivity index (χ0v) is 25.0. The number of benzene rings is 1. The molecular formula is C29H27Cl2F3N6O4. The zero-order valence-electron chi connectivity index (χ0n) is 23.5. The van der Waals surface area contributed by atoms with Crippen LogP contribution in [0.15, 0.2) is 35.5 Å². The number of nitrogen functional groups attached to an aromatic ring is 1. The Balaban J connectivity index is 1.54. The second kappa shape index (κ2) is 11.8. The predicted octanol–water partition coefficient (Wildman–Crippen LogP) is 4.83. The van der Waals surface area contributed by atoms with E-state index in [1.165, 1.54) is 44.6 Å². The molecule has 3 aromatic rings. The number of rotatable bonds is 9. The van der Waals surface area contributed by atoms with Crippen molar-refractivity contribution in [3.63, 3.8) is 0 Å². The van der Waals surface area contributed by atoms with Crippen molar-refractivity contribution < 1.29 is 32.2 Å². The van der Waals surface area contributed by atoms with Gasteiger partial charge in [0.1, 0.15) is 34.4 Å². The Kier molecular flexibility index (Phi) is 8.38. The second-order valence-corrected chi connectivity index (χ2v) is 11.5. The number of pyridine rings is 2. The average molecular weight is 651 g/mol. The first-order valence-corrected chi connectivity index (χ1v) is 14.1. The summed E-state index contributed by atoms with van der Waals surface area (Å²) in [6.45, 7) is 0.332. The van der Waals surface area contributed by atoms with E-state index in [4.69, 9.17) is 44.1 Å². The number of ether oxygens (including phenoxy) is 2. The third-order valence-corrected chi connectivity index (χ3v) is 8.23. The van der Waals surface area contributed by atoms with Crippen molar-refractivity contribution in [1.82, 2.24) is 15.3 Å². The van der Waals surface area contributed by atoms with Crippen LogP contribution in [0.1, 0.15) is 52.9 Å². The standard InChI is InChI=1S/C29H27Cl2F3N6O4/c1-28(27(36)42)12-44-24-17(28)9-20(40-23(24)16-5-6-37-26(43-2)21(16)31)18(29(32,33)34)11-39-25(41)13-7-14(10-38-15-3-4-15)22(35)19(30)8-13/h5-10,15,18H,3-4,11-12,35H2,1-2H3,(H2,36,42)(H,39,41)/t18?,28-/m0/s1. The fourth-order valence-electron chi connectivity index (χ4n) is 4.69. The lowest BCUT2D eigenvalue weighted by Gasteiger charge is -2.24. The number of nitrogens with two attached hydrogens (primary N) is 2. The molecule has 5 rings (SSSR count). The molecule has 0 saturated heterocycles. The van der Waals surface area contributed by atoms with Crippen LogP contribution in [0, 0.1) is 0 Å². The number of halogens is 5. The Morgan fingerprint density at radius 1 is 1.30 bits per heavy atom. The molecule has 1 aliphatic heterocycles. The molecule has 0 bridgehead atoms. The minimum Gasteiger partial charge on any atom is -0.489 e. The molecule has 0 spiro atoms. The van der Waals surface area contributed by atoms with Gasteiger partial charge in [-0.05, 0) is 44.0 Å². The van der Waals surface area contributed by atoms with Crippen molar-refractivity contribution in [2.45, 2.75) is 43.3 Å². The first kappa shape index (κ1) is 31.3. The van der Waals surface area contributed by atoms with Crippen molar-refractivity contribution in [2.75, 3.05) is 26.0 Å². The summed E-state index contributed by atoms with van der Waals surface area (Å²) < 4.78 is 54.8. The maximum absolute atomic E-state index is 14.6. The summed E-state index contributed by atoms with van der Waals surface area (Å²) in [4.78, 5) is 38.2. The Bertz CT molecular complexity index is 1680. The molecule has 2 amide bonds. The molecule has 2 aliphatic rings. The van der Waals surface area contributed by atoms with E-state index in [-0.39, 0.29) is 62.4 Å². The number of nitrogens with zero attached hydrogens (tertiary/aromatic N) is 3. The lowest BCUT2D eigenvalue weighted by Crippen LogP contribution is -2.40. The van der Waals surface area contributed by atoms with Crippen LogP contribution in [-0.4, -0.2) is 60.5 Å². The van der Waals surface area contributed by atoms with E-state index in [0.717, 1.165) is 18.9 Å². The highest BCUT2D eigenvalue weighted by Gasteiger charge is 2.47. The Hall–Kier alpha value is -4.10. The summed E-state index contributed by atoms with van der Waals surface area (Å²) >= 11 is 12.7. The number of carbonyl (C=O) groups excluding carboxylic acids is 2. The molecule has 1 fully saturated rings. The molecule has 3 heterocycles. The summed E-state index contributed by atoms with van der Waals surface area (Å²) in [6.07, 6.45) is -0.164. The smallest absolute Gasteiger partial charge is 0.398 e. The predicted molar refractivity (Wildman–Crippen MR) is 159 cm³/mol. The van der Waals surface area contributed by atoms with Crippen LogP contribution < -0.4 is 26.3 Å². The first-order valence-electron chi connectivity index (χ1n) is 13.4. The van der Waals surface area contributed by atoms with Gasteiger partial charge in [0.25, 0.3) is 5.91 Å². The highest BCUT2D eigenvalue weighted by molar-refractivity contribution is 6.34. The van der Waals surface area contributed by atoms with Crippen LogP contribution in [0.2, 0.25) is 10.0 Å². The van der Waals surface area contributed by atoms with Gasteiger partial charge in [-0.25, -0.2) is 9.97 Å². The van der Waals surface area contributed by atoms with Gasteiger partial charge in [-0.15, -0.1) is 0 Å². The molecule has 15 heteroatoms. The third kappa shape index (κ3) is 5.98. The van der Waals surface area contributed by atoms with E-state index in [9.17, 15) is 22.8 Å². The molecular weight excluding hydrogens is 624 g/mol. The van der Waals surface area contributed by atoms with E-state index >= 15 is 0 Å². The quantitative estimate of drug-likeness (QED) is 0.221. The van der Waals surface area contributed by atoms with E-state index in [1.54, 1.807) is 0 Å². The van der Waals surface area contributed by atoms with Crippen LogP contribution in [0.3, 0.4) is 0 Å². The van der Waals surface area contributed by atoms with Gasteiger partial charge in [0.15, 0.2) is 0 Å². The normalized spacial score (nSPS) is 18.5. The van der Waals surface area contributed by atoms with Crippen LogP contribution >= 0.6 is 23.2 Å².